The number of pyridine rings is 1. The molecule has 0 aliphatic carbocycles. The Hall–Kier alpha value is -1.58. The summed E-state index contributed by atoms with van der Waals surface area (Å²) < 4.78 is 0. The first kappa shape index (κ1) is 14.8. The summed E-state index contributed by atoms with van der Waals surface area (Å²) in [6.45, 7) is 4.71. The van der Waals surface area contributed by atoms with E-state index < -0.39 is 0 Å². The Morgan fingerprint density at radius 3 is 2.60 bits per heavy atom. The first-order valence-electron chi connectivity index (χ1n) is 6.82. The number of rotatable bonds is 6. The Morgan fingerprint density at radius 2 is 1.95 bits per heavy atom. The van der Waals surface area contributed by atoms with Gasteiger partial charge in [0, 0.05) is 48.3 Å². The van der Waals surface area contributed by atoms with Crippen molar-refractivity contribution < 1.29 is 0 Å². The van der Waals surface area contributed by atoms with Gasteiger partial charge in [0.1, 0.15) is 0 Å². The van der Waals surface area contributed by atoms with Gasteiger partial charge in [-0.3, -0.25) is 4.98 Å². The first-order chi connectivity index (χ1) is 9.76. The zero-order valence-electron chi connectivity index (χ0n) is 11.9. The molecule has 2 rings (SSSR count). The van der Waals surface area contributed by atoms with Crippen molar-refractivity contribution in [1.29, 1.82) is 0 Å². The smallest absolute Gasteiger partial charge is 0.0471 e. The van der Waals surface area contributed by atoms with Crippen molar-refractivity contribution in [3.63, 3.8) is 0 Å². The molecule has 0 bridgehead atoms. The van der Waals surface area contributed by atoms with Crippen molar-refractivity contribution in [2.75, 3.05) is 18.5 Å². The molecule has 20 heavy (non-hydrogen) atoms. The zero-order valence-corrected chi connectivity index (χ0v) is 12.7. The summed E-state index contributed by atoms with van der Waals surface area (Å²) in [6.07, 6.45) is 3.66. The number of benzene rings is 1. The lowest BCUT2D eigenvalue weighted by molar-refractivity contribution is 0.784. The van der Waals surface area contributed by atoms with Gasteiger partial charge in [0.05, 0.1) is 0 Å². The molecule has 0 saturated carbocycles. The molecule has 3 nitrogen and oxygen atoms in total. The number of nitrogens with zero attached hydrogens (tertiary/aromatic N) is 2. The molecule has 0 amide bonds. The topological polar surface area (TPSA) is 28.2 Å². The summed E-state index contributed by atoms with van der Waals surface area (Å²) in [7, 11) is 1.94. The van der Waals surface area contributed by atoms with Gasteiger partial charge >= 0.3 is 0 Å². The van der Waals surface area contributed by atoms with Gasteiger partial charge in [-0.2, -0.15) is 0 Å². The van der Waals surface area contributed by atoms with Crippen molar-refractivity contribution in [3.05, 3.63) is 58.9 Å². The van der Waals surface area contributed by atoms with Crippen LogP contribution in [0.2, 0.25) is 5.02 Å². The second-order valence-electron chi connectivity index (χ2n) is 4.64. The van der Waals surface area contributed by atoms with E-state index in [1.165, 1.54) is 11.3 Å². The number of nitrogens with one attached hydrogen (secondary N) is 1. The van der Waals surface area contributed by atoms with E-state index in [1.54, 1.807) is 0 Å². The van der Waals surface area contributed by atoms with E-state index in [9.17, 15) is 0 Å². The number of hydrogen-bond acceptors (Lipinski definition) is 3. The maximum atomic E-state index is 6.34. The minimum Gasteiger partial charge on any atom is -0.367 e. The van der Waals surface area contributed by atoms with E-state index in [-0.39, 0.29) is 0 Å². The van der Waals surface area contributed by atoms with Crippen LogP contribution in [0.15, 0.2) is 42.7 Å². The fraction of sp³-hybridized carbons (Fsp3) is 0.312. The molecule has 0 atom stereocenters. The average molecular weight is 290 g/mol. The van der Waals surface area contributed by atoms with Crippen LogP contribution in [0.1, 0.15) is 18.1 Å². The monoisotopic (exact) mass is 289 g/mol. The van der Waals surface area contributed by atoms with Gasteiger partial charge in [-0.1, -0.05) is 17.7 Å². The summed E-state index contributed by atoms with van der Waals surface area (Å²) >= 11 is 6.34. The first-order valence-corrected chi connectivity index (χ1v) is 7.20. The van der Waals surface area contributed by atoms with Gasteiger partial charge in [0.15, 0.2) is 0 Å². The molecular weight excluding hydrogens is 270 g/mol. The highest BCUT2D eigenvalue weighted by Gasteiger charge is 2.12. The van der Waals surface area contributed by atoms with Crippen molar-refractivity contribution in [3.8, 4) is 0 Å². The van der Waals surface area contributed by atoms with Crippen LogP contribution < -0.4 is 10.2 Å². The van der Waals surface area contributed by atoms with Gasteiger partial charge in [-0.05, 0) is 43.8 Å². The maximum Gasteiger partial charge on any atom is 0.0471 e. The van der Waals surface area contributed by atoms with E-state index >= 15 is 0 Å². The van der Waals surface area contributed by atoms with Gasteiger partial charge in [-0.15, -0.1) is 0 Å². The van der Waals surface area contributed by atoms with E-state index in [4.69, 9.17) is 11.6 Å². The van der Waals surface area contributed by atoms with E-state index in [0.717, 1.165) is 30.2 Å². The maximum absolute atomic E-state index is 6.34. The van der Waals surface area contributed by atoms with Crippen molar-refractivity contribution >= 4 is 17.3 Å². The highest BCUT2D eigenvalue weighted by atomic mass is 35.5. The van der Waals surface area contributed by atoms with Crippen LogP contribution in [0.25, 0.3) is 0 Å². The summed E-state index contributed by atoms with van der Waals surface area (Å²) in [4.78, 5) is 6.39. The van der Waals surface area contributed by atoms with Crippen molar-refractivity contribution in [1.82, 2.24) is 10.3 Å². The molecule has 0 unspecified atom stereocenters. The van der Waals surface area contributed by atoms with Crippen LogP contribution in [0.4, 0.5) is 5.69 Å². The second kappa shape index (κ2) is 7.27. The highest BCUT2D eigenvalue weighted by Crippen LogP contribution is 2.28. The fourth-order valence-corrected chi connectivity index (χ4v) is 2.51. The number of anilines is 1. The Balaban J connectivity index is 2.29. The van der Waals surface area contributed by atoms with Crippen LogP contribution in [-0.4, -0.2) is 18.6 Å². The predicted octanol–water partition coefficient (Wildman–Crippen LogP) is 3.48. The van der Waals surface area contributed by atoms with Gasteiger partial charge < -0.3 is 10.2 Å². The number of aromatic nitrogens is 1. The molecule has 0 saturated heterocycles. The normalized spacial score (nSPS) is 10.6. The molecule has 0 spiro atoms. The molecule has 1 aromatic heterocycles. The standard InChI is InChI=1S/C16H20ClN3/c1-3-20(12-13-7-9-19-10-8-13)16-6-4-5-15(17)14(16)11-18-2/h4-10,18H,3,11-12H2,1-2H3. The SMILES string of the molecule is CCN(Cc1ccncc1)c1cccc(Cl)c1CNC. The van der Waals surface area contributed by atoms with Crippen molar-refractivity contribution in [2.24, 2.45) is 0 Å². The van der Waals surface area contributed by atoms with Crippen LogP contribution in [0.3, 0.4) is 0 Å². The molecule has 4 heteroatoms. The van der Waals surface area contributed by atoms with E-state index in [2.05, 4.69) is 28.2 Å². The lowest BCUT2D eigenvalue weighted by Crippen LogP contribution is -2.24. The predicted molar refractivity (Wildman–Crippen MR) is 85.2 cm³/mol. The molecule has 106 valence electrons. The van der Waals surface area contributed by atoms with Crippen LogP contribution in [-0.2, 0) is 13.1 Å². The Morgan fingerprint density at radius 1 is 1.20 bits per heavy atom. The van der Waals surface area contributed by atoms with Crippen LogP contribution in [0.5, 0.6) is 0 Å². The molecule has 2 aromatic rings. The van der Waals surface area contributed by atoms with Gasteiger partial charge in [0.2, 0.25) is 0 Å². The number of hydrogen-bond donors (Lipinski definition) is 1. The Labute approximate surface area is 125 Å². The molecule has 0 aliphatic rings. The minimum atomic E-state index is 0.766. The summed E-state index contributed by atoms with van der Waals surface area (Å²) in [5, 5.41) is 4.00. The van der Waals surface area contributed by atoms with Crippen LogP contribution >= 0.6 is 11.6 Å². The summed E-state index contributed by atoms with van der Waals surface area (Å²) in [5.41, 5.74) is 3.58. The van der Waals surface area contributed by atoms with Gasteiger partial charge in [-0.25, -0.2) is 0 Å². The molecule has 0 radical (unpaired) electrons. The third kappa shape index (κ3) is 3.50. The largest absolute Gasteiger partial charge is 0.367 e. The van der Waals surface area contributed by atoms with Crippen molar-refractivity contribution in [2.45, 2.75) is 20.0 Å². The molecule has 0 fully saturated rings. The third-order valence-electron chi connectivity index (χ3n) is 3.29. The summed E-state index contributed by atoms with van der Waals surface area (Å²) in [6, 6.07) is 10.2. The quantitative estimate of drug-likeness (QED) is 0.882. The summed E-state index contributed by atoms with van der Waals surface area (Å²) in [5.74, 6) is 0. The molecule has 1 heterocycles. The van der Waals surface area contributed by atoms with Crippen LogP contribution in [0, 0.1) is 0 Å². The van der Waals surface area contributed by atoms with E-state index in [0.29, 0.717) is 0 Å². The Bertz CT molecular complexity index is 543. The molecule has 0 aliphatic heterocycles. The highest BCUT2D eigenvalue weighted by molar-refractivity contribution is 6.31. The Kier molecular flexibility index (Phi) is 5.39. The third-order valence-corrected chi connectivity index (χ3v) is 3.65. The molecular formula is C16H20ClN3. The second-order valence-corrected chi connectivity index (χ2v) is 5.04. The minimum absolute atomic E-state index is 0.766. The van der Waals surface area contributed by atoms with E-state index in [1.807, 2.05) is 43.7 Å². The number of halogens is 1. The van der Waals surface area contributed by atoms with Gasteiger partial charge in [0.25, 0.3) is 0 Å². The zero-order chi connectivity index (χ0) is 14.4. The molecule has 1 N–H and O–H groups in total. The average Bonchev–Trinajstić information content (AvgIpc) is 2.48. The lowest BCUT2D eigenvalue weighted by atomic mass is 10.1. The fourth-order valence-electron chi connectivity index (χ4n) is 2.27. The molecule has 1 aromatic carbocycles. The lowest BCUT2D eigenvalue weighted by Gasteiger charge is -2.26.